The quantitative estimate of drug-likeness (QED) is 0.677. The first-order valence-corrected chi connectivity index (χ1v) is 5.42. The molecule has 0 nitrogen and oxygen atoms in total. The molecule has 2 aromatic rings. The molecule has 0 aliphatic rings. The van der Waals surface area contributed by atoms with Crippen molar-refractivity contribution in [1.82, 2.24) is 0 Å². The average Bonchev–Trinajstić information content (AvgIpc) is 2.57. The fourth-order valence-corrected chi connectivity index (χ4v) is 2.48. The zero-order chi connectivity index (χ0) is 11.1. The van der Waals surface area contributed by atoms with Gasteiger partial charge in [-0.15, -0.1) is 11.3 Å². The molecule has 0 spiro atoms. The third-order valence-electron chi connectivity index (χ3n) is 2.25. The van der Waals surface area contributed by atoms with Crippen molar-refractivity contribution >= 4 is 21.4 Å². The Bertz CT molecular complexity index is 482. The van der Waals surface area contributed by atoms with Crippen LogP contribution >= 0.6 is 11.3 Å². The van der Waals surface area contributed by atoms with Gasteiger partial charge in [-0.1, -0.05) is 13.0 Å². The molecule has 4 heteroatoms. The second-order valence-corrected chi connectivity index (χ2v) is 4.48. The van der Waals surface area contributed by atoms with Gasteiger partial charge in [-0.25, -0.2) is 0 Å². The maximum absolute atomic E-state index is 12.4. The Labute approximate surface area is 89.3 Å². The molecule has 0 saturated heterocycles. The summed E-state index contributed by atoms with van der Waals surface area (Å²) >= 11 is 1.43. The summed E-state index contributed by atoms with van der Waals surface area (Å²) in [7, 11) is 0. The number of rotatable bonds is 1. The molecule has 0 radical (unpaired) electrons. The van der Waals surface area contributed by atoms with Gasteiger partial charge in [0, 0.05) is 9.58 Å². The standard InChI is InChI=1S/C11H9F3S/c1-2-9-5-7-3-4-8(11(12,13)14)6-10(7)15-9/h3-6H,2H2,1H3. The summed E-state index contributed by atoms with van der Waals surface area (Å²) in [5, 5.41) is 0.893. The topological polar surface area (TPSA) is 0 Å². The number of alkyl halides is 3. The Morgan fingerprint density at radius 1 is 1.20 bits per heavy atom. The lowest BCUT2D eigenvalue weighted by atomic mass is 10.1. The summed E-state index contributed by atoms with van der Waals surface area (Å²) in [5.74, 6) is 0. The molecule has 1 aromatic heterocycles. The molecule has 1 heterocycles. The van der Waals surface area contributed by atoms with Crippen LogP contribution in [0.4, 0.5) is 13.2 Å². The normalized spacial score (nSPS) is 12.3. The van der Waals surface area contributed by atoms with E-state index in [0.717, 1.165) is 22.8 Å². The van der Waals surface area contributed by atoms with Crippen molar-refractivity contribution in [3.63, 3.8) is 0 Å². The van der Waals surface area contributed by atoms with Crippen LogP contribution < -0.4 is 0 Å². The van der Waals surface area contributed by atoms with Gasteiger partial charge in [0.05, 0.1) is 5.56 Å². The van der Waals surface area contributed by atoms with Gasteiger partial charge in [0.2, 0.25) is 0 Å². The number of thiophene rings is 1. The molecule has 2 rings (SSSR count). The zero-order valence-corrected chi connectivity index (χ0v) is 8.88. The lowest BCUT2D eigenvalue weighted by molar-refractivity contribution is -0.137. The highest BCUT2D eigenvalue weighted by Gasteiger charge is 2.30. The monoisotopic (exact) mass is 230 g/mol. The Kier molecular flexibility index (Phi) is 2.46. The molecule has 0 fully saturated rings. The van der Waals surface area contributed by atoms with Crippen LogP contribution in [0.1, 0.15) is 17.4 Å². The maximum atomic E-state index is 12.4. The number of hydrogen-bond acceptors (Lipinski definition) is 1. The SMILES string of the molecule is CCc1cc2ccc(C(F)(F)F)cc2s1. The van der Waals surface area contributed by atoms with Crippen LogP contribution in [0.5, 0.6) is 0 Å². The highest BCUT2D eigenvalue weighted by molar-refractivity contribution is 7.19. The Balaban J connectivity index is 2.55. The molecule has 0 saturated carbocycles. The van der Waals surface area contributed by atoms with Crippen molar-refractivity contribution in [3.8, 4) is 0 Å². The first-order chi connectivity index (χ1) is 7.00. The van der Waals surface area contributed by atoms with Crippen molar-refractivity contribution in [2.45, 2.75) is 19.5 Å². The van der Waals surface area contributed by atoms with E-state index < -0.39 is 11.7 Å². The number of hydrogen-bond donors (Lipinski definition) is 0. The van der Waals surface area contributed by atoms with E-state index in [0.29, 0.717) is 4.70 Å². The van der Waals surface area contributed by atoms with Gasteiger partial charge in [0.1, 0.15) is 0 Å². The fourth-order valence-electron chi connectivity index (χ4n) is 1.44. The largest absolute Gasteiger partial charge is 0.416 e. The summed E-state index contributed by atoms with van der Waals surface area (Å²) in [5.41, 5.74) is -0.570. The van der Waals surface area contributed by atoms with E-state index in [4.69, 9.17) is 0 Å². The highest BCUT2D eigenvalue weighted by atomic mass is 32.1. The molecule has 80 valence electrons. The van der Waals surface area contributed by atoms with E-state index in [9.17, 15) is 13.2 Å². The number of benzene rings is 1. The molecule has 0 bridgehead atoms. The number of aryl methyl sites for hydroxylation is 1. The van der Waals surface area contributed by atoms with Gasteiger partial charge in [-0.3, -0.25) is 0 Å². The lowest BCUT2D eigenvalue weighted by Crippen LogP contribution is -2.03. The first kappa shape index (κ1) is 10.5. The van der Waals surface area contributed by atoms with Crippen molar-refractivity contribution in [3.05, 3.63) is 34.7 Å². The van der Waals surface area contributed by atoms with E-state index >= 15 is 0 Å². The molecule has 0 aliphatic carbocycles. The zero-order valence-electron chi connectivity index (χ0n) is 8.06. The summed E-state index contributed by atoms with van der Waals surface area (Å²) in [4.78, 5) is 1.12. The Morgan fingerprint density at radius 3 is 2.53 bits per heavy atom. The predicted octanol–water partition coefficient (Wildman–Crippen LogP) is 4.48. The van der Waals surface area contributed by atoms with Crippen LogP contribution in [0.15, 0.2) is 24.3 Å². The van der Waals surface area contributed by atoms with E-state index in [2.05, 4.69) is 0 Å². The number of fused-ring (bicyclic) bond motifs is 1. The Morgan fingerprint density at radius 2 is 1.93 bits per heavy atom. The van der Waals surface area contributed by atoms with E-state index in [1.54, 1.807) is 0 Å². The smallest absolute Gasteiger partial charge is 0.166 e. The lowest BCUT2D eigenvalue weighted by Gasteiger charge is -2.05. The molecule has 15 heavy (non-hydrogen) atoms. The molecule has 1 aromatic carbocycles. The van der Waals surface area contributed by atoms with Crippen molar-refractivity contribution < 1.29 is 13.2 Å². The van der Waals surface area contributed by atoms with Crippen LogP contribution in [-0.4, -0.2) is 0 Å². The average molecular weight is 230 g/mol. The molecular weight excluding hydrogens is 221 g/mol. The van der Waals surface area contributed by atoms with Crippen molar-refractivity contribution in [1.29, 1.82) is 0 Å². The molecule has 0 atom stereocenters. The highest BCUT2D eigenvalue weighted by Crippen LogP contribution is 2.34. The van der Waals surface area contributed by atoms with Gasteiger partial charge >= 0.3 is 6.18 Å². The van der Waals surface area contributed by atoms with Gasteiger partial charge < -0.3 is 0 Å². The van der Waals surface area contributed by atoms with E-state index in [-0.39, 0.29) is 0 Å². The van der Waals surface area contributed by atoms with Crippen LogP contribution in [0.2, 0.25) is 0 Å². The Hall–Kier alpha value is -1.03. The van der Waals surface area contributed by atoms with Crippen molar-refractivity contribution in [2.24, 2.45) is 0 Å². The van der Waals surface area contributed by atoms with Crippen molar-refractivity contribution in [2.75, 3.05) is 0 Å². The van der Waals surface area contributed by atoms with Gasteiger partial charge in [-0.05, 0) is 30.0 Å². The van der Waals surface area contributed by atoms with Gasteiger partial charge in [0.25, 0.3) is 0 Å². The maximum Gasteiger partial charge on any atom is 0.416 e. The number of halogens is 3. The van der Waals surface area contributed by atoms with Crippen LogP contribution in [-0.2, 0) is 12.6 Å². The third-order valence-corrected chi connectivity index (χ3v) is 3.49. The summed E-state index contributed by atoms with van der Waals surface area (Å²) in [6.45, 7) is 2.00. The van der Waals surface area contributed by atoms with E-state index in [1.807, 2.05) is 13.0 Å². The van der Waals surface area contributed by atoms with Crippen LogP contribution in [0, 0.1) is 0 Å². The summed E-state index contributed by atoms with van der Waals surface area (Å²) in [6.07, 6.45) is -3.38. The first-order valence-electron chi connectivity index (χ1n) is 4.60. The molecule has 0 aliphatic heterocycles. The minimum Gasteiger partial charge on any atom is -0.166 e. The molecule has 0 amide bonds. The van der Waals surface area contributed by atoms with E-state index in [1.165, 1.54) is 23.5 Å². The summed E-state index contributed by atoms with van der Waals surface area (Å²) < 4.78 is 37.9. The summed E-state index contributed by atoms with van der Waals surface area (Å²) in [6, 6.07) is 5.83. The third kappa shape index (κ3) is 2.00. The second-order valence-electron chi connectivity index (χ2n) is 3.32. The van der Waals surface area contributed by atoms with Crippen LogP contribution in [0.25, 0.3) is 10.1 Å². The van der Waals surface area contributed by atoms with Gasteiger partial charge in [-0.2, -0.15) is 13.2 Å². The minimum absolute atomic E-state index is 0.570. The predicted molar refractivity (Wildman–Crippen MR) is 56.2 cm³/mol. The molecular formula is C11H9F3S. The van der Waals surface area contributed by atoms with Gasteiger partial charge in [0.15, 0.2) is 0 Å². The molecule has 0 N–H and O–H groups in total. The minimum atomic E-state index is -4.25. The van der Waals surface area contributed by atoms with Crippen LogP contribution in [0.3, 0.4) is 0 Å². The molecule has 0 unspecified atom stereocenters. The second kappa shape index (κ2) is 3.52. The fraction of sp³-hybridized carbons (Fsp3) is 0.273.